The number of anilines is 1. The lowest BCUT2D eigenvalue weighted by molar-refractivity contribution is -0.387. The molecule has 4 unspecified atom stereocenters. The summed E-state index contributed by atoms with van der Waals surface area (Å²) >= 11 is 0. The molecule has 28 heteroatoms. The molecule has 5 aliphatic rings. The zero-order valence-corrected chi connectivity index (χ0v) is 43.9. The van der Waals surface area contributed by atoms with Crippen LogP contribution in [0.2, 0.25) is 0 Å². The first-order valence-electron chi connectivity index (χ1n) is 26.1. The predicted octanol–water partition coefficient (Wildman–Crippen LogP) is 1.78. The number of aliphatic hydroxyl groups is 4. The fourth-order valence-corrected chi connectivity index (χ4v) is 11.2. The molecule has 1 fully saturated rings. The van der Waals surface area contributed by atoms with Crippen LogP contribution in [0.3, 0.4) is 0 Å². The molecule has 1 aliphatic carbocycles. The van der Waals surface area contributed by atoms with E-state index >= 15 is 4.39 Å². The summed E-state index contributed by atoms with van der Waals surface area (Å²) in [6.45, 7) is 2.88. The molecule has 3 aromatic carbocycles. The van der Waals surface area contributed by atoms with Gasteiger partial charge in [-0.2, -0.15) is 0 Å². The molecule has 0 bridgehead atoms. The second-order valence-electron chi connectivity index (χ2n) is 20.5. The molecule has 0 spiro atoms. The van der Waals surface area contributed by atoms with Crippen LogP contribution in [-0.4, -0.2) is 128 Å². The third-order valence-corrected chi connectivity index (χ3v) is 15.5. The second kappa shape index (κ2) is 21.5. The number of ether oxygens (including phenoxy) is 4. The van der Waals surface area contributed by atoms with Gasteiger partial charge in [-0.05, 0) is 78.3 Å². The van der Waals surface area contributed by atoms with Gasteiger partial charge in [0.2, 0.25) is 12.2 Å². The average molecular weight is 1140 g/mol. The van der Waals surface area contributed by atoms with Gasteiger partial charge in [0.1, 0.15) is 36.8 Å². The van der Waals surface area contributed by atoms with Crippen LogP contribution in [0.1, 0.15) is 82.1 Å². The summed E-state index contributed by atoms with van der Waals surface area (Å²) in [7, 11) is 0. The van der Waals surface area contributed by atoms with Crippen molar-refractivity contribution >= 4 is 58.0 Å². The minimum atomic E-state index is -2.14. The number of aliphatic carboxylic acids is 1. The van der Waals surface area contributed by atoms with Gasteiger partial charge in [0.05, 0.1) is 64.3 Å². The number of cyclic esters (lactones) is 1. The van der Waals surface area contributed by atoms with Gasteiger partial charge in [0.25, 0.3) is 17.4 Å². The minimum Gasteiger partial charge on any atom is -0.479 e. The number of fused-ring (bicyclic) bond motifs is 5. The lowest BCUT2D eigenvalue weighted by Gasteiger charge is -2.38. The fraction of sp³-hybridized carbons (Fsp3) is 0.345. The number of pyridine rings is 2. The molecule has 4 aliphatic heterocycles. The second-order valence-corrected chi connectivity index (χ2v) is 20.5. The maximum absolute atomic E-state index is 15.7. The summed E-state index contributed by atoms with van der Waals surface area (Å²) in [5.41, 5.74) is 0.373. The van der Waals surface area contributed by atoms with Crippen LogP contribution in [0.5, 0.6) is 5.75 Å². The molecule has 8 atom stereocenters. The minimum absolute atomic E-state index is 0.0195. The highest BCUT2D eigenvalue weighted by Crippen LogP contribution is 2.46. The number of aryl methyl sites for hydroxylation is 1. The lowest BCUT2D eigenvalue weighted by Crippen LogP contribution is -2.61. The Morgan fingerprint density at radius 2 is 1.73 bits per heavy atom. The van der Waals surface area contributed by atoms with Crippen LogP contribution in [0.4, 0.5) is 20.6 Å². The molecule has 1 saturated heterocycles. The van der Waals surface area contributed by atoms with Crippen LogP contribution < -0.4 is 25.8 Å². The number of rotatable bonds is 16. The molecule has 11 rings (SSSR count). The van der Waals surface area contributed by atoms with E-state index < -0.39 is 106 Å². The van der Waals surface area contributed by atoms with Gasteiger partial charge in [0, 0.05) is 60.0 Å². The number of carbonyl (C=O) groups excluding carboxylic acids is 5. The molecule has 430 valence electrons. The van der Waals surface area contributed by atoms with Crippen molar-refractivity contribution in [2.45, 2.75) is 114 Å². The summed E-state index contributed by atoms with van der Waals surface area (Å²) in [4.78, 5) is 108. The van der Waals surface area contributed by atoms with E-state index in [-0.39, 0.29) is 104 Å². The molecule has 27 nitrogen and oxygen atoms in total. The van der Waals surface area contributed by atoms with Crippen molar-refractivity contribution in [2.24, 2.45) is 0 Å². The molecule has 7 N–H and O–H groups in total. The highest BCUT2D eigenvalue weighted by Gasteiger charge is 2.49. The Morgan fingerprint density at radius 1 is 0.988 bits per heavy atom. The number of halogens is 1. The number of aliphatic hydroxyl groups excluding tert-OH is 3. The van der Waals surface area contributed by atoms with Gasteiger partial charge in [-0.3, -0.25) is 34.0 Å². The van der Waals surface area contributed by atoms with Crippen LogP contribution in [-0.2, 0) is 82.7 Å². The van der Waals surface area contributed by atoms with Gasteiger partial charge in [-0.25, -0.2) is 28.7 Å². The number of carboxylic acid groups (broad SMARTS) is 1. The number of esters is 1. The monoisotopic (exact) mass is 1140 g/mol. The summed E-state index contributed by atoms with van der Waals surface area (Å²) in [6, 6.07) is 11.5. The third kappa shape index (κ3) is 9.98. The molecular formula is C55H50FN9O18. The number of amides is 4. The first-order chi connectivity index (χ1) is 39.6. The number of imide groups is 1. The number of benzene rings is 3. The quantitative estimate of drug-likeness (QED) is 0.0314. The zero-order chi connectivity index (χ0) is 58.9. The molecular weight excluding hydrogens is 1090 g/mol. The highest BCUT2D eigenvalue weighted by atomic mass is 19.1. The molecule has 83 heavy (non-hydrogen) atoms. The van der Waals surface area contributed by atoms with Crippen LogP contribution in [0.15, 0.2) is 77.7 Å². The van der Waals surface area contributed by atoms with Crippen molar-refractivity contribution in [1.82, 2.24) is 35.2 Å². The molecule has 4 amide bonds. The van der Waals surface area contributed by atoms with Crippen LogP contribution >= 0.6 is 0 Å². The maximum atomic E-state index is 15.7. The van der Waals surface area contributed by atoms with E-state index in [9.17, 15) is 69.2 Å². The Balaban J connectivity index is 0.869. The zero-order valence-electron chi connectivity index (χ0n) is 43.9. The normalized spacial score (nSPS) is 22.6. The van der Waals surface area contributed by atoms with E-state index in [0.29, 0.717) is 38.9 Å². The van der Waals surface area contributed by atoms with Gasteiger partial charge >= 0.3 is 23.7 Å². The number of nitro benzene ring substituents is 1. The predicted molar refractivity (Wildman–Crippen MR) is 279 cm³/mol. The van der Waals surface area contributed by atoms with Crippen molar-refractivity contribution < 1.29 is 82.6 Å². The first-order valence-corrected chi connectivity index (χ1v) is 26.1. The van der Waals surface area contributed by atoms with E-state index in [1.54, 1.807) is 38.1 Å². The summed E-state index contributed by atoms with van der Waals surface area (Å²) in [5.74, 6) is -5.11. The molecule has 0 saturated carbocycles. The number of hydrogen-bond donors (Lipinski definition) is 7. The molecule has 3 aromatic heterocycles. The van der Waals surface area contributed by atoms with Gasteiger partial charge < -0.3 is 59.7 Å². The lowest BCUT2D eigenvalue weighted by atomic mass is 9.81. The van der Waals surface area contributed by atoms with E-state index in [0.717, 1.165) is 29.2 Å². The topological polar surface area (TPSA) is 377 Å². The summed E-state index contributed by atoms with van der Waals surface area (Å²) < 4.78 is 40.6. The van der Waals surface area contributed by atoms with Crippen molar-refractivity contribution in [3.05, 3.63) is 149 Å². The van der Waals surface area contributed by atoms with Crippen molar-refractivity contribution in [3.63, 3.8) is 0 Å². The van der Waals surface area contributed by atoms with E-state index in [2.05, 4.69) is 20.9 Å². The Morgan fingerprint density at radius 3 is 2.45 bits per heavy atom. The Labute approximate surface area is 466 Å². The largest absolute Gasteiger partial charge is 0.479 e. The molecule has 6 aromatic rings. The number of nitrogens with zero attached hydrogens (tertiary/aromatic N) is 7. The van der Waals surface area contributed by atoms with Gasteiger partial charge in [-0.1, -0.05) is 30.3 Å². The van der Waals surface area contributed by atoms with Crippen molar-refractivity contribution in [2.75, 3.05) is 11.4 Å². The maximum Gasteiger partial charge on any atom is 0.408 e. The molecule has 0 radical (unpaired) electrons. The van der Waals surface area contributed by atoms with Gasteiger partial charge in [0.15, 0.2) is 17.5 Å². The van der Waals surface area contributed by atoms with E-state index in [1.165, 1.54) is 33.6 Å². The van der Waals surface area contributed by atoms with Crippen molar-refractivity contribution in [1.29, 1.82) is 0 Å². The number of alkyl carbamates (subject to hydrolysis) is 1. The fourth-order valence-electron chi connectivity index (χ4n) is 11.2. The number of aromatic nitrogens is 5. The first kappa shape index (κ1) is 55.6. The molecule has 7 heterocycles. The smallest absolute Gasteiger partial charge is 0.408 e. The summed E-state index contributed by atoms with van der Waals surface area (Å²) in [5, 5.41) is 79.6. The van der Waals surface area contributed by atoms with Crippen molar-refractivity contribution in [3.8, 4) is 17.1 Å². The third-order valence-electron chi connectivity index (χ3n) is 15.5. The summed E-state index contributed by atoms with van der Waals surface area (Å²) in [6.07, 6.45) is -9.06. The number of hydrogen-bond acceptors (Lipinski definition) is 20. The SMILES string of the molecule is CCC1(O)C(=O)OCc2c1cc1n(c2=O)Cc2c-1nc1cc(F)c(C)c3c1c2[C@@H](NC(=O)OC(Cc1cn(CCNC(=O)Cc2ccc(N4C(=O)C=CC4=O)cc2)nn1)c1ccc(O[C@@H]2OC(C(=O)O)[C@@H](O)[C@H](O)C2O)c([N+](=O)[O-])c1)CC3. The average Bonchev–Trinajstić information content (AvgIpc) is 1.81. The number of nitrogens with one attached hydrogen (secondary N) is 2. The Hall–Kier alpha value is -9.35. The standard InChI is InChI=1S/C55H50FN9O18/c1-3-55(77)32-19-37-45-30(22-63(37)50(72)31(32)23-80-53(55)75)44-34(10-9-29-24(2)33(56)20-35(58-45)43(29)44)59-54(76)82-39(26-6-11-38(36(17-26)65(78)79)81-52-48(71)46(69)47(70)49(83-52)51(73)74)18-27-21-62(61-60-27)15-14-57-40(66)16-25-4-7-28(8-5-25)64-41(67)12-13-42(64)68/h4-8,11-13,17,19-21,34,39,46-49,52,69-71,77H,3,9-10,14-16,18,22-23H2,1-2H3,(H,57,66)(H,59,76)(H,73,74)/t34-,39?,46-,47-,48?,49?,52+,55?/m0/s1. The van der Waals surface area contributed by atoms with Crippen LogP contribution in [0, 0.1) is 22.9 Å². The van der Waals surface area contributed by atoms with E-state index in [1.807, 2.05) is 0 Å². The highest BCUT2D eigenvalue weighted by molar-refractivity contribution is 6.28. The number of nitro groups is 1. The number of carboxylic acids is 1. The van der Waals surface area contributed by atoms with Gasteiger partial charge in [-0.15, -0.1) is 5.10 Å². The number of carbonyl (C=O) groups is 6. The van der Waals surface area contributed by atoms with Crippen LogP contribution in [0.25, 0.3) is 22.3 Å². The Bertz CT molecular complexity index is 3830. The van der Waals surface area contributed by atoms with E-state index in [4.69, 9.17) is 23.9 Å². The Kier molecular flexibility index (Phi) is 14.4.